The lowest BCUT2D eigenvalue weighted by Gasteiger charge is -2.63. The van der Waals surface area contributed by atoms with E-state index in [0.717, 1.165) is 5.56 Å². The Balaban J connectivity index is 1.40. The standard InChI is InChI=1S/C30H34ClF2NO4/c1-27-7-6-20(36)10-23(27)24(32)11-22-21-9-18-14-34(13-17-4-3-5-19(31)8-17)16-29(18,26(38)15-35)28(21,2)12-25(37)30(22,27)33/h3-8,10,18,21-22,24-25,35,37H,9,11-16H2,1-2H3/t18-,21?,22-,24-,25-,27-,28-,29+,30-/m0/s1. The number of hydrogen-bond acceptors (Lipinski definition) is 5. The number of Topliss-reactive ketones (excluding diaryl/α,β-unsaturated/α-hetero) is 1. The van der Waals surface area contributed by atoms with Gasteiger partial charge in [-0.2, -0.15) is 0 Å². The lowest BCUT2D eigenvalue weighted by atomic mass is 9.43. The summed E-state index contributed by atoms with van der Waals surface area (Å²) in [5.74, 6) is -2.01. The molecule has 5 aliphatic rings. The lowest BCUT2D eigenvalue weighted by Crippen LogP contribution is -2.69. The van der Waals surface area contributed by atoms with E-state index in [9.17, 15) is 19.8 Å². The SMILES string of the molecule is C[C@]12C=CC(=O)C=C1[C@@H](F)C[C@H]1C3C[C@H]4CN(Cc5cccc(Cl)c5)C[C@@]4(C(=O)CO)[C@@]3(C)C[C@H](O)[C@@]12F. The van der Waals surface area contributed by atoms with E-state index in [-0.39, 0.29) is 41.8 Å². The van der Waals surface area contributed by atoms with Gasteiger partial charge in [0.2, 0.25) is 0 Å². The van der Waals surface area contributed by atoms with Gasteiger partial charge in [-0.1, -0.05) is 36.7 Å². The number of nitrogens with zero attached hydrogens (tertiary/aromatic N) is 1. The van der Waals surface area contributed by atoms with Gasteiger partial charge in [-0.25, -0.2) is 8.78 Å². The van der Waals surface area contributed by atoms with Crippen LogP contribution in [-0.2, 0) is 16.1 Å². The van der Waals surface area contributed by atoms with Crippen molar-refractivity contribution in [1.82, 2.24) is 4.90 Å². The molecule has 38 heavy (non-hydrogen) atoms. The van der Waals surface area contributed by atoms with E-state index in [1.54, 1.807) is 13.0 Å². The Morgan fingerprint density at radius 2 is 2.00 bits per heavy atom. The largest absolute Gasteiger partial charge is 0.390 e. The van der Waals surface area contributed by atoms with Crippen molar-refractivity contribution in [3.8, 4) is 0 Å². The van der Waals surface area contributed by atoms with Crippen molar-refractivity contribution in [1.29, 1.82) is 0 Å². The topological polar surface area (TPSA) is 77.8 Å². The van der Waals surface area contributed by atoms with Crippen LogP contribution >= 0.6 is 11.6 Å². The molecule has 5 nitrogen and oxygen atoms in total. The van der Waals surface area contributed by atoms with Gasteiger partial charge in [-0.05, 0) is 78.9 Å². The number of carbonyl (C=O) groups excluding carboxylic acids is 2. The summed E-state index contributed by atoms with van der Waals surface area (Å²) in [7, 11) is 0. The van der Waals surface area contributed by atoms with E-state index in [1.807, 2.05) is 25.1 Å². The molecule has 6 rings (SSSR count). The number of hydrogen-bond donors (Lipinski definition) is 2. The zero-order valence-electron chi connectivity index (χ0n) is 21.7. The molecule has 0 radical (unpaired) electrons. The maximum Gasteiger partial charge on any atom is 0.178 e. The van der Waals surface area contributed by atoms with E-state index >= 15 is 8.78 Å². The molecule has 1 saturated heterocycles. The van der Waals surface area contributed by atoms with Gasteiger partial charge < -0.3 is 10.2 Å². The number of aliphatic hydroxyl groups excluding tert-OH is 2. The minimum absolute atomic E-state index is 0.0273. The Bertz CT molecular complexity index is 1270. The van der Waals surface area contributed by atoms with E-state index in [2.05, 4.69) is 4.90 Å². The molecule has 1 aromatic carbocycles. The third-order valence-electron chi connectivity index (χ3n) is 11.2. The highest BCUT2D eigenvalue weighted by Crippen LogP contribution is 2.74. The first kappa shape index (κ1) is 26.3. The van der Waals surface area contributed by atoms with Crippen molar-refractivity contribution in [3.63, 3.8) is 0 Å². The van der Waals surface area contributed by atoms with Crippen LogP contribution in [0.2, 0.25) is 5.02 Å². The van der Waals surface area contributed by atoms with Gasteiger partial charge in [0.15, 0.2) is 17.2 Å². The number of alkyl halides is 2. The number of allylic oxidation sites excluding steroid dienone is 4. The molecule has 1 aliphatic heterocycles. The van der Waals surface area contributed by atoms with Crippen molar-refractivity contribution in [2.24, 2.45) is 34.0 Å². The number of halogens is 3. The average Bonchev–Trinajstić information content (AvgIpc) is 3.34. The van der Waals surface area contributed by atoms with Crippen molar-refractivity contribution in [2.75, 3.05) is 19.7 Å². The molecule has 1 heterocycles. The molecule has 1 aromatic rings. The van der Waals surface area contributed by atoms with Crippen LogP contribution in [0.4, 0.5) is 8.78 Å². The molecule has 0 bridgehead atoms. The first-order valence-corrected chi connectivity index (χ1v) is 13.9. The molecular formula is C30H34ClF2NO4. The van der Waals surface area contributed by atoms with Crippen LogP contribution in [0.5, 0.6) is 0 Å². The van der Waals surface area contributed by atoms with E-state index in [4.69, 9.17) is 11.6 Å². The van der Waals surface area contributed by atoms with Crippen molar-refractivity contribution in [2.45, 2.75) is 57.6 Å². The smallest absolute Gasteiger partial charge is 0.178 e. The van der Waals surface area contributed by atoms with Crippen LogP contribution in [0.25, 0.3) is 0 Å². The summed E-state index contributed by atoms with van der Waals surface area (Å²) in [6.07, 6.45) is 1.33. The number of fused-ring (bicyclic) bond motifs is 7. The summed E-state index contributed by atoms with van der Waals surface area (Å²) < 4.78 is 33.2. The van der Waals surface area contributed by atoms with Crippen LogP contribution in [0.1, 0.15) is 38.7 Å². The Labute approximate surface area is 226 Å². The number of aliphatic hydroxyl groups is 2. The highest BCUT2D eigenvalue weighted by Gasteiger charge is 2.78. The monoisotopic (exact) mass is 545 g/mol. The van der Waals surface area contributed by atoms with E-state index in [1.165, 1.54) is 18.2 Å². The van der Waals surface area contributed by atoms with E-state index in [0.29, 0.717) is 31.1 Å². The molecule has 3 saturated carbocycles. The van der Waals surface area contributed by atoms with Crippen LogP contribution in [0.3, 0.4) is 0 Å². The fourth-order valence-electron chi connectivity index (χ4n) is 9.53. The lowest BCUT2D eigenvalue weighted by molar-refractivity contribution is -0.212. The number of likely N-dealkylation sites (tertiary alicyclic amines) is 1. The number of benzene rings is 1. The molecule has 1 unspecified atom stereocenters. The first-order valence-electron chi connectivity index (χ1n) is 13.5. The highest BCUT2D eigenvalue weighted by molar-refractivity contribution is 6.30. The van der Waals surface area contributed by atoms with Gasteiger partial charge in [0.25, 0.3) is 0 Å². The fourth-order valence-corrected chi connectivity index (χ4v) is 9.75. The second kappa shape index (κ2) is 8.53. The molecule has 0 amide bonds. The average molecular weight is 546 g/mol. The summed E-state index contributed by atoms with van der Waals surface area (Å²) in [4.78, 5) is 27.9. The van der Waals surface area contributed by atoms with Crippen LogP contribution < -0.4 is 0 Å². The van der Waals surface area contributed by atoms with Crippen LogP contribution in [-0.4, -0.2) is 64.3 Å². The molecule has 0 aromatic heterocycles. The molecular weight excluding hydrogens is 512 g/mol. The minimum Gasteiger partial charge on any atom is -0.390 e. The zero-order valence-corrected chi connectivity index (χ0v) is 22.4. The number of carbonyl (C=O) groups is 2. The summed E-state index contributed by atoms with van der Waals surface area (Å²) >= 11 is 6.19. The molecule has 4 fully saturated rings. The second-order valence-corrected chi connectivity index (χ2v) is 13.1. The summed E-state index contributed by atoms with van der Waals surface area (Å²) in [6.45, 7) is 4.44. The van der Waals surface area contributed by atoms with Crippen molar-refractivity contribution >= 4 is 23.2 Å². The van der Waals surface area contributed by atoms with Crippen molar-refractivity contribution in [3.05, 3.63) is 58.7 Å². The molecule has 4 aliphatic carbocycles. The number of ketones is 2. The van der Waals surface area contributed by atoms with Gasteiger partial charge in [-0.15, -0.1) is 0 Å². The summed E-state index contributed by atoms with van der Waals surface area (Å²) in [5, 5.41) is 22.4. The van der Waals surface area contributed by atoms with Crippen molar-refractivity contribution < 1.29 is 28.6 Å². The zero-order chi connectivity index (χ0) is 27.3. The predicted molar refractivity (Wildman–Crippen MR) is 139 cm³/mol. The van der Waals surface area contributed by atoms with Gasteiger partial charge in [0, 0.05) is 36.0 Å². The van der Waals surface area contributed by atoms with E-state index < -0.39 is 46.7 Å². The van der Waals surface area contributed by atoms with Crippen LogP contribution in [0, 0.1) is 34.0 Å². The van der Waals surface area contributed by atoms with Gasteiger partial charge >= 0.3 is 0 Å². The Kier molecular flexibility index (Phi) is 5.91. The van der Waals surface area contributed by atoms with Gasteiger partial charge in [-0.3, -0.25) is 14.5 Å². The quantitative estimate of drug-likeness (QED) is 0.591. The first-order chi connectivity index (χ1) is 17.9. The van der Waals surface area contributed by atoms with Gasteiger partial charge in [0.05, 0.1) is 11.5 Å². The summed E-state index contributed by atoms with van der Waals surface area (Å²) in [6, 6.07) is 7.55. The normalized spacial score (nSPS) is 45.7. The molecule has 204 valence electrons. The predicted octanol–water partition coefficient (Wildman–Crippen LogP) is 4.25. The fraction of sp³-hybridized carbons (Fsp3) is 0.600. The number of rotatable bonds is 4. The molecule has 0 spiro atoms. The molecule has 2 N–H and O–H groups in total. The molecule has 9 atom stereocenters. The molecule has 8 heteroatoms. The van der Waals surface area contributed by atoms with Gasteiger partial charge in [0.1, 0.15) is 12.8 Å². The minimum atomic E-state index is -2.18. The Hall–Kier alpha value is -1.93. The highest BCUT2D eigenvalue weighted by atomic mass is 35.5. The maximum absolute atomic E-state index is 17.4. The maximum atomic E-state index is 17.4. The van der Waals surface area contributed by atoms with Crippen LogP contribution in [0.15, 0.2) is 48.1 Å². The summed E-state index contributed by atoms with van der Waals surface area (Å²) in [5.41, 5.74) is -4.32. The Morgan fingerprint density at radius 1 is 1.24 bits per heavy atom. The second-order valence-electron chi connectivity index (χ2n) is 12.6. The third kappa shape index (κ3) is 3.19. The third-order valence-corrected chi connectivity index (χ3v) is 11.4. The Morgan fingerprint density at radius 3 is 2.71 bits per heavy atom.